The number of hydrogen-bond acceptors (Lipinski definition) is 5. The zero-order valence-electron chi connectivity index (χ0n) is 12.5. The summed E-state index contributed by atoms with van der Waals surface area (Å²) in [4.78, 5) is 24.1. The van der Waals surface area contributed by atoms with Crippen LogP contribution < -0.4 is 11.0 Å². The van der Waals surface area contributed by atoms with E-state index in [0.29, 0.717) is 10.9 Å². The van der Waals surface area contributed by atoms with Gasteiger partial charge in [0.05, 0.1) is 5.52 Å². The van der Waals surface area contributed by atoms with Crippen LogP contribution in [0.2, 0.25) is 0 Å². The summed E-state index contributed by atoms with van der Waals surface area (Å²) in [6.07, 6.45) is -1.49. The lowest BCUT2D eigenvalue weighted by atomic mass is 10.1. The Labute approximate surface area is 134 Å². The maximum atomic E-state index is 12.5. The Balaban J connectivity index is 2.23. The summed E-state index contributed by atoms with van der Waals surface area (Å²) in [7, 11) is 0. The van der Waals surface area contributed by atoms with Crippen LogP contribution in [0.1, 0.15) is 5.56 Å². The minimum Gasteiger partial charge on any atom is -0.360 e. The van der Waals surface area contributed by atoms with Gasteiger partial charge < -0.3 is 5.32 Å². The van der Waals surface area contributed by atoms with E-state index in [9.17, 15) is 18.0 Å². The summed E-state index contributed by atoms with van der Waals surface area (Å²) in [5, 5.41) is 2.55. The maximum absolute atomic E-state index is 12.5. The summed E-state index contributed by atoms with van der Waals surface area (Å²) in [5.74, 6) is -0.0209. The Morgan fingerprint density at radius 2 is 1.92 bits per heavy atom. The van der Waals surface area contributed by atoms with E-state index in [1.807, 2.05) is 6.92 Å². The quantitative estimate of drug-likeness (QED) is 0.796. The van der Waals surface area contributed by atoms with Crippen LogP contribution in [0.4, 0.5) is 19.0 Å². The standard InChI is InChI=1S/C15H12F3N5O/c1-9-3-4-10-11(7-9)23(13-19-5-2-6-20-13)14(24)22-12(10)21-8-15(16,17)18/h2-7H,8H2,1H3,(H,21,22,24). The third kappa shape index (κ3) is 3.19. The van der Waals surface area contributed by atoms with Crippen LogP contribution in [0.25, 0.3) is 16.9 Å². The van der Waals surface area contributed by atoms with E-state index in [-0.39, 0.29) is 11.8 Å². The van der Waals surface area contributed by atoms with Gasteiger partial charge in [-0.15, -0.1) is 0 Å². The summed E-state index contributed by atoms with van der Waals surface area (Å²) in [6.45, 7) is 0.525. The van der Waals surface area contributed by atoms with Crippen molar-refractivity contribution < 1.29 is 13.2 Å². The molecule has 0 amide bonds. The molecule has 0 aliphatic rings. The molecule has 3 rings (SSSR count). The lowest BCUT2D eigenvalue weighted by Crippen LogP contribution is -2.27. The zero-order valence-corrected chi connectivity index (χ0v) is 12.5. The second kappa shape index (κ2) is 5.91. The molecule has 124 valence electrons. The normalized spacial score (nSPS) is 11.7. The lowest BCUT2D eigenvalue weighted by molar-refractivity contribution is -0.115. The predicted molar refractivity (Wildman–Crippen MR) is 82.2 cm³/mol. The molecular formula is C15H12F3N5O. The fourth-order valence-corrected chi connectivity index (χ4v) is 2.25. The molecule has 0 radical (unpaired) electrons. The van der Waals surface area contributed by atoms with E-state index < -0.39 is 18.4 Å². The first kappa shape index (κ1) is 15.9. The van der Waals surface area contributed by atoms with Crippen LogP contribution in [0.3, 0.4) is 0 Å². The highest BCUT2D eigenvalue weighted by atomic mass is 19.4. The number of halogens is 3. The largest absolute Gasteiger partial charge is 0.405 e. The number of nitrogens with zero attached hydrogens (tertiary/aromatic N) is 4. The number of anilines is 1. The average Bonchev–Trinajstić information content (AvgIpc) is 2.52. The molecule has 0 aliphatic carbocycles. The van der Waals surface area contributed by atoms with Crippen LogP contribution in [-0.2, 0) is 0 Å². The molecule has 24 heavy (non-hydrogen) atoms. The molecule has 0 bridgehead atoms. The minimum absolute atomic E-state index is 0.105. The van der Waals surface area contributed by atoms with Crippen molar-refractivity contribution in [3.05, 3.63) is 52.7 Å². The molecule has 0 saturated heterocycles. The monoisotopic (exact) mass is 335 g/mol. The van der Waals surface area contributed by atoms with Crippen LogP contribution in [0.15, 0.2) is 41.5 Å². The van der Waals surface area contributed by atoms with E-state index >= 15 is 0 Å². The van der Waals surface area contributed by atoms with Crippen molar-refractivity contribution in [2.24, 2.45) is 0 Å². The first-order valence-electron chi connectivity index (χ1n) is 6.96. The van der Waals surface area contributed by atoms with Gasteiger partial charge in [-0.2, -0.15) is 18.2 Å². The molecule has 9 heteroatoms. The molecule has 0 spiro atoms. The van der Waals surface area contributed by atoms with Gasteiger partial charge in [-0.1, -0.05) is 6.07 Å². The van der Waals surface area contributed by atoms with E-state index in [1.54, 1.807) is 24.3 Å². The highest BCUT2D eigenvalue weighted by molar-refractivity contribution is 5.90. The SMILES string of the molecule is Cc1ccc2c(NCC(F)(F)F)nc(=O)n(-c3ncccn3)c2c1. The first-order valence-corrected chi connectivity index (χ1v) is 6.96. The van der Waals surface area contributed by atoms with Crippen molar-refractivity contribution in [1.82, 2.24) is 19.5 Å². The molecule has 3 aromatic rings. The van der Waals surface area contributed by atoms with Gasteiger partial charge in [-0.25, -0.2) is 19.3 Å². The van der Waals surface area contributed by atoms with Crippen molar-refractivity contribution in [3.8, 4) is 5.95 Å². The van der Waals surface area contributed by atoms with E-state index in [0.717, 1.165) is 5.56 Å². The Kier molecular flexibility index (Phi) is 3.92. The Morgan fingerprint density at radius 1 is 1.21 bits per heavy atom. The minimum atomic E-state index is -4.42. The molecule has 2 aromatic heterocycles. The van der Waals surface area contributed by atoms with Gasteiger partial charge in [0, 0.05) is 17.8 Å². The second-order valence-corrected chi connectivity index (χ2v) is 5.12. The first-order chi connectivity index (χ1) is 11.3. The Morgan fingerprint density at radius 3 is 2.58 bits per heavy atom. The highest BCUT2D eigenvalue weighted by Gasteiger charge is 2.27. The maximum Gasteiger partial charge on any atom is 0.405 e. The van der Waals surface area contributed by atoms with Crippen molar-refractivity contribution >= 4 is 16.7 Å². The predicted octanol–water partition coefficient (Wildman–Crippen LogP) is 2.46. The summed E-state index contributed by atoms with van der Waals surface area (Å²) < 4.78 is 38.5. The third-order valence-corrected chi connectivity index (χ3v) is 3.26. The highest BCUT2D eigenvalue weighted by Crippen LogP contribution is 2.23. The topological polar surface area (TPSA) is 72.7 Å². The number of nitrogens with one attached hydrogen (secondary N) is 1. The van der Waals surface area contributed by atoms with Gasteiger partial charge >= 0.3 is 11.9 Å². The van der Waals surface area contributed by atoms with Gasteiger partial charge in [-0.05, 0) is 30.7 Å². The molecule has 0 atom stereocenters. The molecule has 0 saturated carbocycles. The second-order valence-electron chi connectivity index (χ2n) is 5.12. The average molecular weight is 335 g/mol. The summed E-state index contributed by atoms with van der Waals surface area (Å²) in [6, 6.07) is 6.60. The zero-order chi connectivity index (χ0) is 17.3. The molecule has 0 aliphatic heterocycles. The van der Waals surface area contributed by atoms with Gasteiger partial charge in [0.25, 0.3) is 0 Å². The Bertz CT molecular complexity index is 937. The van der Waals surface area contributed by atoms with E-state index in [4.69, 9.17) is 0 Å². The molecule has 2 heterocycles. The Hall–Kier alpha value is -2.97. The van der Waals surface area contributed by atoms with Crippen molar-refractivity contribution in [2.45, 2.75) is 13.1 Å². The molecule has 6 nitrogen and oxygen atoms in total. The summed E-state index contributed by atoms with van der Waals surface area (Å²) in [5.41, 5.74) is 0.453. The molecule has 1 aromatic carbocycles. The van der Waals surface area contributed by atoms with Crippen molar-refractivity contribution in [2.75, 3.05) is 11.9 Å². The smallest absolute Gasteiger partial charge is 0.360 e. The van der Waals surface area contributed by atoms with Gasteiger partial charge in [0.2, 0.25) is 5.95 Å². The molecule has 0 fully saturated rings. The van der Waals surface area contributed by atoms with Crippen LogP contribution in [0.5, 0.6) is 0 Å². The van der Waals surface area contributed by atoms with E-state index in [1.165, 1.54) is 17.0 Å². The number of aryl methyl sites for hydroxylation is 1. The van der Waals surface area contributed by atoms with Crippen molar-refractivity contribution in [1.29, 1.82) is 0 Å². The van der Waals surface area contributed by atoms with Crippen LogP contribution in [-0.4, -0.2) is 32.2 Å². The third-order valence-electron chi connectivity index (χ3n) is 3.26. The number of fused-ring (bicyclic) bond motifs is 1. The number of benzene rings is 1. The number of alkyl halides is 3. The van der Waals surface area contributed by atoms with Crippen molar-refractivity contribution in [3.63, 3.8) is 0 Å². The van der Waals surface area contributed by atoms with Gasteiger partial charge in [0.1, 0.15) is 12.4 Å². The fourth-order valence-electron chi connectivity index (χ4n) is 2.25. The molecule has 0 unspecified atom stereocenters. The van der Waals surface area contributed by atoms with Gasteiger partial charge in [-0.3, -0.25) is 0 Å². The molecule has 1 N–H and O–H groups in total. The van der Waals surface area contributed by atoms with Crippen LogP contribution in [0, 0.1) is 6.92 Å². The number of rotatable bonds is 3. The van der Waals surface area contributed by atoms with Gasteiger partial charge in [0.15, 0.2) is 0 Å². The van der Waals surface area contributed by atoms with Crippen LogP contribution >= 0.6 is 0 Å². The molecular weight excluding hydrogens is 323 g/mol. The summed E-state index contributed by atoms with van der Waals surface area (Å²) >= 11 is 0. The number of aromatic nitrogens is 4. The number of hydrogen-bond donors (Lipinski definition) is 1. The van der Waals surface area contributed by atoms with E-state index in [2.05, 4.69) is 20.3 Å². The lowest BCUT2D eigenvalue weighted by Gasteiger charge is -2.14. The fraction of sp³-hybridized carbons (Fsp3) is 0.200.